The molecule has 0 saturated carbocycles. The van der Waals surface area contributed by atoms with Crippen LogP contribution in [0.3, 0.4) is 0 Å². The van der Waals surface area contributed by atoms with Crippen LogP contribution < -0.4 is 11.1 Å². The van der Waals surface area contributed by atoms with E-state index in [0.29, 0.717) is 11.4 Å². The number of rotatable bonds is 6. The van der Waals surface area contributed by atoms with Gasteiger partial charge in [-0.3, -0.25) is 4.79 Å². The number of amides is 1. The van der Waals surface area contributed by atoms with Crippen molar-refractivity contribution >= 4 is 23.1 Å². The van der Waals surface area contributed by atoms with Crippen molar-refractivity contribution in [3.05, 3.63) is 0 Å². The monoisotopic (exact) mass is 216 g/mol. The van der Waals surface area contributed by atoms with Crippen molar-refractivity contribution < 1.29 is 4.79 Å². The van der Waals surface area contributed by atoms with Crippen LogP contribution >= 0.6 is 12.2 Å². The molecule has 0 radical (unpaired) electrons. The Hall–Kier alpha value is -0.640. The van der Waals surface area contributed by atoms with Gasteiger partial charge in [-0.25, -0.2) is 0 Å². The molecule has 14 heavy (non-hydrogen) atoms. The highest BCUT2D eigenvalue weighted by Gasteiger charge is 2.16. The number of nitrogens with two attached hydrogens (primary N) is 1. The Balaban J connectivity index is 3.97. The summed E-state index contributed by atoms with van der Waals surface area (Å²) in [5.41, 5.74) is 5.39. The van der Waals surface area contributed by atoms with Gasteiger partial charge in [-0.1, -0.05) is 26.1 Å². The molecule has 3 N–H and O–H groups in total. The molecule has 0 aliphatic rings. The van der Waals surface area contributed by atoms with Crippen molar-refractivity contribution in [2.24, 2.45) is 11.7 Å². The van der Waals surface area contributed by atoms with Gasteiger partial charge in [-0.15, -0.1) is 0 Å². The third-order valence-corrected chi connectivity index (χ3v) is 2.42. The van der Waals surface area contributed by atoms with E-state index in [1.54, 1.807) is 0 Å². The fourth-order valence-electron chi connectivity index (χ4n) is 1.37. The Morgan fingerprint density at radius 1 is 1.43 bits per heavy atom. The summed E-state index contributed by atoms with van der Waals surface area (Å²) in [4.78, 5) is 12.0. The molecule has 0 fully saturated rings. The molecule has 0 saturated heterocycles. The topological polar surface area (TPSA) is 55.1 Å². The van der Waals surface area contributed by atoms with Crippen LogP contribution in [0, 0.1) is 5.92 Å². The van der Waals surface area contributed by atoms with Gasteiger partial charge in [0.25, 0.3) is 0 Å². The number of hydrogen-bond acceptors (Lipinski definition) is 2. The molecule has 3 nitrogen and oxygen atoms in total. The number of carbonyl (C=O) groups excluding carboxylic acids is 1. The summed E-state index contributed by atoms with van der Waals surface area (Å²) in [5, 5.41) is 2.91. The zero-order valence-electron chi connectivity index (χ0n) is 9.17. The molecule has 4 heteroatoms. The number of hydrogen-bond donors (Lipinski definition) is 2. The van der Waals surface area contributed by atoms with Crippen molar-refractivity contribution in [1.82, 2.24) is 5.32 Å². The van der Waals surface area contributed by atoms with Gasteiger partial charge in [-0.05, 0) is 19.8 Å². The average Bonchev–Trinajstić information content (AvgIpc) is 2.04. The first-order valence-electron chi connectivity index (χ1n) is 5.09. The fourth-order valence-corrected chi connectivity index (χ4v) is 1.62. The lowest BCUT2D eigenvalue weighted by molar-refractivity contribution is -0.125. The van der Waals surface area contributed by atoms with E-state index in [1.165, 1.54) is 0 Å². The Morgan fingerprint density at radius 3 is 2.29 bits per heavy atom. The summed E-state index contributed by atoms with van der Waals surface area (Å²) in [6.45, 7) is 5.96. The maximum Gasteiger partial charge on any atom is 0.223 e. The standard InChI is InChI=1S/C10H20N2OS/c1-4-8(5-2)10(13)12-7(3)6-9(11)14/h7-8H,4-6H2,1-3H3,(H2,11,14)(H,12,13). The average molecular weight is 216 g/mol. The quantitative estimate of drug-likeness (QED) is 0.663. The highest BCUT2D eigenvalue weighted by Crippen LogP contribution is 2.07. The molecule has 0 aromatic rings. The van der Waals surface area contributed by atoms with Crippen LogP contribution in [-0.4, -0.2) is 16.9 Å². The van der Waals surface area contributed by atoms with Gasteiger partial charge in [-0.2, -0.15) is 0 Å². The van der Waals surface area contributed by atoms with Crippen LogP contribution in [0.4, 0.5) is 0 Å². The Labute approximate surface area is 91.4 Å². The molecule has 1 unspecified atom stereocenters. The van der Waals surface area contributed by atoms with Crippen molar-refractivity contribution in [2.75, 3.05) is 0 Å². The van der Waals surface area contributed by atoms with Crippen molar-refractivity contribution in [1.29, 1.82) is 0 Å². The number of carbonyl (C=O) groups is 1. The van der Waals surface area contributed by atoms with E-state index in [9.17, 15) is 4.79 Å². The largest absolute Gasteiger partial charge is 0.393 e. The van der Waals surface area contributed by atoms with Crippen LogP contribution in [0.15, 0.2) is 0 Å². The molecule has 0 aromatic carbocycles. The smallest absolute Gasteiger partial charge is 0.223 e. The van der Waals surface area contributed by atoms with Gasteiger partial charge >= 0.3 is 0 Å². The minimum absolute atomic E-state index is 0.0422. The van der Waals surface area contributed by atoms with Crippen LogP contribution in [0.25, 0.3) is 0 Å². The minimum atomic E-state index is 0.0422. The van der Waals surface area contributed by atoms with E-state index in [1.807, 2.05) is 20.8 Å². The molecule has 0 spiro atoms. The Kier molecular flexibility index (Phi) is 6.45. The normalized spacial score (nSPS) is 12.6. The van der Waals surface area contributed by atoms with Crippen LogP contribution in [0.2, 0.25) is 0 Å². The molecular weight excluding hydrogens is 196 g/mol. The zero-order chi connectivity index (χ0) is 11.1. The molecule has 0 aliphatic heterocycles. The predicted octanol–water partition coefficient (Wildman–Crippen LogP) is 1.60. The van der Waals surface area contributed by atoms with E-state index in [4.69, 9.17) is 18.0 Å². The maximum absolute atomic E-state index is 11.6. The summed E-state index contributed by atoms with van der Waals surface area (Å²) < 4.78 is 0. The number of thiocarbonyl (C=S) groups is 1. The highest BCUT2D eigenvalue weighted by atomic mass is 32.1. The maximum atomic E-state index is 11.6. The first-order chi connectivity index (χ1) is 6.51. The highest BCUT2D eigenvalue weighted by molar-refractivity contribution is 7.80. The lowest BCUT2D eigenvalue weighted by atomic mass is 10.0. The molecule has 0 rings (SSSR count). The summed E-state index contributed by atoms with van der Waals surface area (Å²) in [5.74, 6) is 0.225. The van der Waals surface area contributed by atoms with Gasteiger partial charge in [0.05, 0.1) is 4.99 Å². The SMILES string of the molecule is CCC(CC)C(=O)NC(C)CC(N)=S. The van der Waals surface area contributed by atoms with Gasteiger partial charge in [0.2, 0.25) is 5.91 Å². The van der Waals surface area contributed by atoms with Crippen LogP contribution in [0.1, 0.15) is 40.0 Å². The third-order valence-electron chi connectivity index (χ3n) is 2.25. The summed E-state index contributed by atoms with van der Waals surface area (Å²) >= 11 is 4.77. The molecule has 82 valence electrons. The molecule has 0 bridgehead atoms. The summed E-state index contributed by atoms with van der Waals surface area (Å²) in [7, 11) is 0. The Morgan fingerprint density at radius 2 is 1.93 bits per heavy atom. The second kappa shape index (κ2) is 6.76. The second-order valence-electron chi connectivity index (χ2n) is 3.59. The second-order valence-corrected chi connectivity index (χ2v) is 4.12. The van der Waals surface area contributed by atoms with E-state index in [-0.39, 0.29) is 17.9 Å². The van der Waals surface area contributed by atoms with Crippen molar-refractivity contribution in [3.8, 4) is 0 Å². The Bertz CT molecular complexity index is 202. The third kappa shape index (κ3) is 5.17. The molecule has 0 aromatic heterocycles. The van der Waals surface area contributed by atoms with Gasteiger partial charge in [0, 0.05) is 18.4 Å². The molecule has 0 heterocycles. The number of nitrogens with one attached hydrogen (secondary N) is 1. The van der Waals surface area contributed by atoms with Crippen LogP contribution in [-0.2, 0) is 4.79 Å². The first kappa shape index (κ1) is 13.4. The fraction of sp³-hybridized carbons (Fsp3) is 0.800. The first-order valence-corrected chi connectivity index (χ1v) is 5.50. The van der Waals surface area contributed by atoms with Crippen molar-refractivity contribution in [2.45, 2.75) is 46.1 Å². The zero-order valence-corrected chi connectivity index (χ0v) is 9.99. The lowest BCUT2D eigenvalue weighted by Gasteiger charge is -2.17. The minimum Gasteiger partial charge on any atom is -0.393 e. The molecule has 1 amide bonds. The van der Waals surface area contributed by atoms with E-state index >= 15 is 0 Å². The predicted molar refractivity (Wildman–Crippen MR) is 63.1 cm³/mol. The van der Waals surface area contributed by atoms with Gasteiger partial charge in [0.1, 0.15) is 0 Å². The van der Waals surface area contributed by atoms with Crippen LogP contribution in [0.5, 0.6) is 0 Å². The summed E-state index contributed by atoms with van der Waals surface area (Å²) in [6, 6.07) is 0.0422. The van der Waals surface area contributed by atoms with Gasteiger partial charge in [0.15, 0.2) is 0 Å². The molecule has 0 aliphatic carbocycles. The van der Waals surface area contributed by atoms with Gasteiger partial charge < -0.3 is 11.1 Å². The van der Waals surface area contributed by atoms with E-state index in [0.717, 1.165) is 12.8 Å². The van der Waals surface area contributed by atoms with E-state index < -0.39 is 0 Å². The molecule has 1 atom stereocenters. The lowest BCUT2D eigenvalue weighted by Crippen LogP contribution is -2.38. The van der Waals surface area contributed by atoms with E-state index in [2.05, 4.69) is 5.32 Å². The molecular formula is C10H20N2OS. The summed E-state index contributed by atoms with van der Waals surface area (Å²) in [6.07, 6.45) is 2.32. The van der Waals surface area contributed by atoms with Crippen molar-refractivity contribution in [3.63, 3.8) is 0 Å².